The molecule has 0 spiro atoms. The molecule has 0 saturated carbocycles. The molecule has 2 N–H and O–H groups in total. The van der Waals surface area contributed by atoms with E-state index in [4.69, 9.17) is 14.5 Å². The molecule has 12 heteroatoms. The van der Waals surface area contributed by atoms with E-state index in [9.17, 15) is 8.76 Å². The predicted molar refractivity (Wildman–Crippen MR) is 163 cm³/mol. The Morgan fingerprint density at radius 1 is 1.19 bits per heavy atom. The van der Waals surface area contributed by atoms with Crippen molar-refractivity contribution in [2.45, 2.75) is 38.6 Å². The number of likely N-dealkylation sites (tertiary alicyclic amines) is 1. The smallest absolute Gasteiger partial charge is 0.180 e. The van der Waals surface area contributed by atoms with E-state index in [0.717, 1.165) is 91.2 Å². The van der Waals surface area contributed by atoms with Crippen LogP contribution in [0.25, 0.3) is 28.2 Å². The second kappa shape index (κ2) is 12.5. The molecule has 2 saturated heterocycles. The zero-order valence-electron chi connectivity index (χ0n) is 24.3. The Balaban J connectivity index is 1.16. The largest absolute Gasteiger partial charge is 0.771 e. The number of hydrogen-bond acceptors (Lipinski definition) is 9. The number of aromatic nitrogens is 4. The number of benzene rings is 1. The maximum atomic E-state index is 11.4. The first-order valence-corrected chi connectivity index (χ1v) is 15.7. The van der Waals surface area contributed by atoms with Crippen molar-refractivity contribution >= 4 is 27.9 Å². The molecule has 1 unspecified atom stereocenters. The molecule has 0 radical (unpaired) electrons. The third-order valence-corrected chi connectivity index (χ3v) is 9.18. The standard InChI is InChI=1S/C30H39N7O4S/c1-20-18-26(21(2)37(20)24-4-6-25(7-5-24)41-17-14-35-12-15-40-16-13-35)29-33-28-27(8-10-31-30(28)34-29)32-23-9-11-36(19-23)22(3)42(38)39/h4-8,10,18,22-23H,9,11-17,19H2,1-3H3,(H,38,39)(H2,31,32,33,34)/p-1/t22-,23-/m0/s1. The van der Waals surface area contributed by atoms with Crippen LogP contribution in [0.1, 0.15) is 24.7 Å². The van der Waals surface area contributed by atoms with Crippen LogP contribution in [0.5, 0.6) is 5.75 Å². The SMILES string of the molecule is Cc1cc(-c2nc3nccc(N[C@H]4CCN([C@H](C)S(=O)[O-])C4)c3[nH]2)c(C)n1-c1ccc(OCCN2CCOCC2)cc1. The van der Waals surface area contributed by atoms with E-state index >= 15 is 0 Å². The summed E-state index contributed by atoms with van der Waals surface area (Å²) in [6, 6.07) is 12.5. The molecular weight excluding hydrogens is 554 g/mol. The van der Waals surface area contributed by atoms with Crippen LogP contribution in [-0.2, 0) is 15.8 Å². The number of anilines is 1. The Labute approximate surface area is 248 Å². The fraction of sp³-hybridized carbons (Fsp3) is 0.467. The lowest BCUT2D eigenvalue weighted by molar-refractivity contribution is 0.0322. The second-order valence-electron chi connectivity index (χ2n) is 11.0. The number of ether oxygens (including phenoxy) is 2. The van der Waals surface area contributed by atoms with Crippen molar-refractivity contribution in [3.8, 4) is 22.8 Å². The first kappa shape index (κ1) is 28.8. The minimum atomic E-state index is -2.11. The summed E-state index contributed by atoms with van der Waals surface area (Å²) in [5.41, 5.74) is 6.66. The Morgan fingerprint density at radius 3 is 2.74 bits per heavy atom. The Morgan fingerprint density at radius 2 is 1.98 bits per heavy atom. The molecule has 4 aromatic rings. The molecule has 0 aliphatic carbocycles. The molecule has 1 aromatic carbocycles. The minimum Gasteiger partial charge on any atom is -0.771 e. The average Bonchev–Trinajstić information content (AvgIpc) is 3.71. The zero-order chi connectivity index (χ0) is 29.2. The van der Waals surface area contributed by atoms with Gasteiger partial charge in [0.15, 0.2) is 5.65 Å². The number of imidazole rings is 1. The predicted octanol–water partition coefficient (Wildman–Crippen LogP) is 3.45. The normalized spacial score (nSPS) is 19.8. The summed E-state index contributed by atoms with van der Waals surface area (Å²) in [5, 5.41) is 3.10. The number of rotatable bonds is 10. The highest BCUT2D eigenvalue weighted by Gasteiger charge is 2.27. The molecule has 0 amide bonds. The summed E-state index contributed by atoms with van der Waals surface area (Å²) in [5.74, 6) is 1.62. The van der Waals surface area contributed by atoms with Crippen LogP contribution in [0.15, 0.2) is 42.6 Å². The number of nitrogens with one attached hydrogen (secondary N) is 2. The lowest BCUT2D eigenvalue weighted by atomic mass is 10.2. The molecule has 2 fully saturated rings. The fourth-order valence-electron chi connectivity index (χ4n) is 5.94. The molecule has 3 atom stereocenters. The van der Waals surface area contributed by atoms with Crippen molar-refractivity contribution in [2.75, 3.05) is 57.9 Å². The van der Waals surface area contributed by atoms with Crippen LogP contribution in [0.2, 0.25) is 0 Å². The number of pyridine rings is 1. The summed E-state index contributed by atoms with van der Waals surface area (Å²) >= 11 is -2.11. The maximum absolute atomic E-state index is 11.4. The molecule has 2 aliphatic rings. The second-order valence-corrected chi connectivity index (χ2v) is 12.2. The van der Waals surface area contributed by atoms with Crippen LogP contribution in [0.4, 0.5) is 5.69 Å². The molecule has 42 heavy (non-hydrogen) atoms. The molecule has 2 aliphatic heterocycles. The van der Waals surface area contributed by atoms with Crippen molar-refractivity contribution in [1.29, 1.82) is 0 Å². The molecule has 5 heterocycles. The quantitative estimate of drug-likeness (QED) is 0.267. The molecule has 3 aromatic heterocycles. The third-order valence-electron chi connectivity index (χ3n) is 8.33. The van der Waals surface area contributed by atoms with Gasteiger partial charge < -0.3 is 28.9 Å². The first-order chi connectivity index (χ1) is 20.4. The van der Waals surface area contributed by atoms with E-state index in [0.29, 0.717) is 18.8 Å². The molecular formula is C30H38N7O4S-. The highest BCUT2D eigenvalue weighted by atomic mass is 32.2. The van der Waals surface area contributed by atoms with Gasteiger partial charge in [-0.15, -0.1) is 0 Å². The lowest BCUT2D eigenvalue weighted by Crippen LogP contribution is -2.38. The molecule has 224 valence electrons. The van der Waals surface area contributed by atoms with Crippen LogP contribution in [0, 0.1) is 13.8 Å². The van der Waals surface area contributed by atoms with Gasteiger partial charge in [0.25, 0.3) is 0 Å². The van der Waals surface area contributed by atoms with Gasteiger partial charge >= 0.3 is 0 Å². The van der Waals surface area contributed by atoms with Crippen LogP contribution in [0.3, 0.4) is 0 Å². The van der Waals surface area contributed by atoms with Gasteiger partial charge in [0.05, 0.1) is 24.3 Å². The Bertz CT molecular complexity index is 1550. The third kappa shape index (κ3) is 6.09. The van der Waals surface area contributed by atoms with Crippen LogP contribution < -0.4 is 10.1 Å². The highest BCUT2D eigenvalue weighted by molar-refractivity contribution is 7.79. The number of aryl methyl sites for hydroxylation is 1. The van der Waals surface area contributed by atoms with E-state index in [1.165, 1.54) is 0 Å². The maximum Gasteiger partial charge on any atom is 0.180 e. The van der Waals surface area contributed by atoms with Gasteiger partial charge in [-0.25, -0.2) is 9.97 Å². The lowest BCUT2D eigenvalue weighted by Gasteiger charge is -2.26. The summed E-state index contributed by atoms with van der Waals surface area (Å²) < 4.78 is 36.5. The summed E-state index contributed by atoms with van der Waals surface area (Å²) in [6.45, 7) is 12.4. The van der Waals surface area contributed by atoms with E-state index in [1.54, 1.807) is 13.1 Å². The number of fused-ring (bicyclic) bond motifs is 1. The summed E-state index contributed by atoms with van der Waals surface area (Å²) in [4.78, 5) is 17.2. The molecule has 0 bridgehead atoms. The Hall–Kier alpha value is -3.29. The van der Waals surface area contributed by atoms with Gasteiger partial charge in [-0.3, -0.25) is 14.0 Å². The number of H-pyrrole nitrogens is 1. The number of morpholine rings is 1. The molecule has 11 nitrogen and oxygen atoms in total. The summed E-state index contributed by atoms with van der Waals surface area (Å²) in [7, 11) is 0. The van der Waals surface area contributed by atoms with Crippen molar-refractivity contribution in [2.24, 2.45) is 0 Å². The van der Waals surface area contributed by atoms with Crippen LogP contribution >= 0.6 is 0 Å². The van der Waals surface area contributed by atoms with Gasteiger partial charge in [-0.1, -0.05) is 0 Å². The summed E-state index contributed by atoms with van der Waals surface area (Å²) in [6.07, 6.45) is 2.62. The van der Waals surface area contributed by atoms with Crippen molar-refractivity contribution in [3.05, 3.63) is 54.0 Å². The highest BCUT2D eigenvalue weighted by Crippen LogP contribution is 2.31. The van der Waals surface area contributed by atoms with Gasteiger partial charge in [-0.2, -0.15) is 0 Å². The van der Waals surface area contributed by atoms with Crippen LogP contribution in [-0.4, -0.2) is 102 Å². The zero-order valence-corrected chi connectivity index (χ0v) is 25.2. The minimum absolute atomic E-state index is 0.143. The number of aromatic amines is 1. The van der Waals surface area contributed by atoms with E-state index in [1.807, 2.05) is 23.1 Å². The van der Waals surface area contributed by atoms with Crippen molar-refractivity contribution in [1.82, 2.24) is 29.3 Å². The Kier molecular flexibility index (Phi) is 8.59. The monoisotopic (exact) mass is 592 g/mol. The van der Waals surface area contributed by atoms with E-state index in [-0.39, 0.29) is 6.04 Å². The van der Waals surface area contributed by atoms with Gasteiger partial charge in [0, 0.05) is 67.6 Å². The first-order valence-electron chi connectivity index (χ1n) is 14.5. The average molecular weight is 593 g/mol. The van der Waals surface area contributed by atoms with E-state index in [2.05, 4.69) is 56.8 Å². The van der Waals surface area contributed by atoms with Gasteiger partial charge in [-0.05, 0) is 74.7 Å². The van der Waals surface area contributed by atoms with Crippen molar-refractivity contribution < 1.29 is 18.2 Å². The fourth-order valence-corrected chi connectivity index (χ4v) is 6.38. The van der Waals surface area contributed by atoms with Gasteiger partial charge in [0.2, 0.25) is 0 Å². The molecule has 6 rings (SSSR count). The van der Waals surface area contributed by atoms with Gasteiger partial charge in [0.1, 0.15) is 23.7 Å². The van der Waals surface area contributed by atoms with Crippen molar-refractivity contribution in [3.63, 3.8) is 0 Å². The number of hydrogen-bond donors (Lipinski definition) is 2. The topological polar surface area (TPSA) is 124 Å². The van der Waals surface area contributed by atoms with E-state index < -0.39 is 16.5 Å². The number of nitrogens with zero attached hydrogens (tertiary/aromatic N) is 5.